The Kier molecular flexibility index (Phi) is 5.02. The molecule has 0 aliphatic heterocycles. The zero-order valence-corrected chi connectivity index (χ0v) is 14.1. The monoisotopic (exact) mass is 432 g/mol. The van der Waals surface area contributed by atoms with Crippen LogP contribution >= 0.6 is 38.5 Å². The van der Waals surface area contributed by atoms with Crippen LogP contribution in [0.5, 0.6) is 0 Å². The van der Waals surface area contributed by atoms with Crippen molar-refractivity contribution >= 4 is 48.4 Å². The number of hydrogen-bond acceptors (Lipinski definition) is 3. The van der Waals surface area contributed by atoms with Gasteiger partial charge in [0.25, 0.3) is 0 Å². The molecule has 1 aromatic rings. The lowest BCUT2D eigenvalue weighted by Gasteiger charge is -2.27. The minimum atomic E-state index is -3.41. The van der Waals surface area contributed by atoms with Crippen molar-refractivity contribution in [2.45, 2.75) is 21.6 Å². The molecule has 17 heavy (non-hydrogen) atoms. The maximum atomic E-state index is 11.9. The second kappa shape index (κ2) is 5.54. The molecule has 0 aliphatic rings. The van der Waals surface area contributed by atoms with E-state index >= 15 is 0 Å². The number of halogens is 2. The molecule has 0 radical (unpaired) electrons. The summed E-state index contributed by atoms with van der Waals surface area (Å²) < 4.78 is 22.5. The summed E-state index contributed by atoms with van der Waals surface area (Å²) in [6, 6.07) is 7.21. The minimum absolute atomic E-state index is 0.0237. The third-order valence-electron chi connectivity index (χ3n) is 2.60. The van der Waals surface area contributed by atoms with Crippen molar-refractivity contribution in [1.29, 1.82) is 0 Å². The first-order chi connectivity index (χ1) is 7.74. The van der Waals surface area contributed by atoms with Crippen LogP contribution in [0.3, 0.4) is 0 Å². The Labute approximate surface area is 124 Å². The molecule has 0 heterocycles. The third-order valence-corrected chi connectivity index (χ3v) is 8.93. The van der Waals surface area contributed by atoms with Gasteiger partial charge in [0.2, 0.25) is 1.66 Å². The van der Waals surface area contributed by atoms with E-state index < -0.39 is 17.6 Å². The number of aryl methyl sites for hydroxylation is 1. The number of aliphatic hydroxyl groups excluding tert-OH is 1. The quantitative estimate of drug-likeness (QED) is 0.587. The Bertz CT molecular complexity index is 499. The van der Waals surface area contributed by atoms with E-state index in [1.165, 1.54) is 0 Å². The molecule has 1 aromatic carbocycles. The zero-order chi connectivity index (χ0) is 13.3. The standard InChI is InChI=1S/C11H14BrIO3S/c1-3-17(15,16)11(12,13)10(14)9-7-5-4-6-8(9)2/h4-7,10,14H,3H2,1-2H3. The van der Waals surface area contributed by atoms with Crippen molar-refractivity contribution < 1.29 is 13.5 Å². The van der Waals surface area contributed by atoms with Gasteiger partial charge in [-0.15, -0.1) is 0 Å². The molecule has 96 valence electrons. The Morgan fingerprint density at radius 2 is 2.00 bits per heavy atom. The first-order valence-electron chi connectivity index (χ1n) is 5.07. The average molecular weight is 433 g/mol. The van der Waals surface area contributed by atoms with Gasteiger partial charge in [0.15, 0.2) is 9.84 Å². The van der Waals surface area contributed by atoms with Gasteiger partial charge in [-0.25, -0.2) is 8.42 Å². The van der Waals surface area contributed by atoms with Gasteiger partial charge < -0.3 is 5.11 Å². The lowest BCUT2D eigenvalue weighted by molar-refractivity contribution is 0.190. The van der Waals surface area contributed by atoms with Gasteiger partial charge in [0, 0.05) is 5.75 Å². The van der Waals surface area contributed by atoms with Crippen LogP contribution in [0.4, 0.5) is 0 Å². The lowest BCUT2D eigenvalue weighted by Crippen LogP contribution is -2.34. The average Bonchev–Trinajstić information content (AvgIpc) is 2.28. The number of benzene rings is 1. The summed E-state index contributed by atoms with van der Waals surface area (Å²) in [5.74, 6) is -0.0237. The Hall–Kier alpha value is 0.340. The number of rotatable bonds is 4. The molecule has 1 rings (SSSR count). The number of aliphatic hydroxyl groups is 1. The third kappa shape index (κ3) is 3.02. The van der Waals surface area contributed by atoms with E-state index in [9.17, 15) is 13.5 Å². The van der Waals surface area contributed by atoms with Crippen LogP contribution in [-0.4, -0.2) is 20.9 Å². The van der Waals surface area contributed by atoms with E-state index in [0.717, 1.165) is 5.56 Å². The van der Waals surface area contributed by atoms with Gasteiger partial charge in [-0.3, -0.25) is 0 Å². The second-order valence-corrected chi connectivity index (χ2v) is 11.9. The van der Waals surface area contributed by atoms with Crippen LogP contribution in [0.1, 0.15) is 24.2 Å². The van der Waals surface area contributed by atoms with Crippen LogP contribution in [0, 0.1) is 6.92 Å². The smallest absolute Gasteiger partial charge is 0.207 e. The summed E-state index contributed by atoms with van der Waals surface area (Å²) in [4.78, 5) is 0. The van der Waals surface area contributed by atoms with E-state index in [1.807, 2.05) is 19.1 Å². The fraction of sp³-hybridized carbons (Fsp3) is 0.455. The van der Waals surface area contributed by atoms with E-state index in [1.54, 1.807) is 41.6 Å². The molecule has 2 unspecified atom stereocenters. The largest absolute Gasteiger partial charge is 0.385 e. The molecular weight excluding hydrogens is 419 g/mol. The fourth-order valence-corrected chi connectivity index (χ4v) is 4.49. The maximum absolute atomic E-state index is 11.9. The molecule has 0 amide bonds. The van der Waals surface area contributed by atoms with E-state index in [-0.39, 0.29) is 5.75 Å². The molecule has 0 aliphatic carbocycles. The summed E-state index contributed by atoms with van der Waals surface area (Å²) in [5, 5.41) is 10.3. The van der Waals surface area contributed by atoms with Crippen LogP contribution in [0.15, 0.2) is 24.3 Å². The first-order valence-corrected chi connectivity index (χ1v) is 8.60. The molecular formula is C11H14BrIO3S. The Morgan fingerprint density at radius 1 is 1.47 bits per heavy atom. The summed E-state index contributed by atoms with van der Waals surface area (Å²) >= 11 is 4.89. The highest BCUT2D eigenvalue weighted by Gasteiger charge is 2.45. The van der Waals surface area contributed by atoms with Crippen LogP contribution in [-0.2, 0) is 9.84 Å². The van der Waals surface area contributed by atoms with E-state index in [2.05, 4.69) is 15.9 Å². The predicted molar refractivity (Wildman–Crippen MR) is 81.3 cm³/mol. The summed E-state index contributed by atoms with van der Waals surface area (Å²) in [6.45, 7) is 3.41. The fourth-order valence-electron chi connectivity index (χ4n) is 1.44. The SMILES string of the molecule is CCS(=O)(=O)C(Br)(I)C(O)c1ccccc1C. The van der Waals surface area contributed by atoms with E-state index in [0.29, 0.717) is 5.56 Å². The number of alkyl halides is 2. The molecule has 0 saturated heterocycles. The van der Waals surface area contributed by atoms with E-state index in [4.69, 9.17) is 0 Å². The highest BCUT2D eigenvalue weighted by molar-refractivity contribution is 14.1. The van der Waals surface area contributed by atoms with Gasteiger partial charge in [0.1, 0.15) is 6.10 Å². The number of hydrogen-bond donors (Lipinski definition) is 1. The number of sulfone groups is 1. The molecule has 0 saturated carbocycles. The highest BCUT2D eigenvalue weighted by Crippen LogP contribution is 2.45. The van der Waals surface area contributed by atoms with Gasteiger partial charge in [-0.05, 0) is 40.6 Å². The van der Waals surface area contributed by atoms with Crippen molar-refractivity contribution in [3.05, 3.63) is 35.4 Å². The van der Waals surface area contributed by atoms with Gasteiger partial charge in [0.05, 0.1) is 0 Å². The molecule has 0 aromatic heterocycles. The minimum Gasteiger partial charge on any atom is -0.385 e. The van der Waals surface area contributed by atoms with Crippen LogP contribution in [0.2, 0.25) is 0 Å². The van der Waals surface area contributed by atoms with Crippen LogP contribution in [0.25, 0.3) is 0 Å². The predicted octanol–water partition coefficient (Wildman–Crippen LogP) is 2.95. The Balaban J connectivity index is 3.23. The maximum Gasteiger partial charge on any atom is 0.207 e. The lowest BCUT2D eigenvalue weighted by atomic mass is 10.1. The molecule has 0 spiro atoms. The molecule has 6 heteroatoms. The van der Waals surface area contributed by atoms with Crippen LogP contribution < -0.4 is 0 Å². The molecule has 0 fully saturated rings. The second-order valence-electron chi connectivity index (χ2n) is 3.72. The molecule has 0 bridgehead atoms. The molecule has 1 N–H and O–H groups in total. The van der Waals surface area contributed by atoms with Gasteiger partial charge in [-0.2, -0.15) is 0 Å². The normalized spacial score (nSPS) is 17.5. The molecule has 3 nitrogen and oxygen atoms in total. The van der Waals surface area contributed by atoms with Gasteiger partial charge >= 0.3 is 0 Å². The van der Waals surface area contributed by atoms with Crippen molar-refractivity contribution in [2.24, 2.45) is 0 Å². The summed E-state index contributed by atoms with van der Waals surface area (Å²) in [6.07, 6.45) is -1.10. The topological polar surface area (TPSA) is 54.4 Å². The zero-order valence-electron chi connectivity index (χ0n) is 9.52. The van der Waals surface area contributed by atoms with Crippen molar-refractivity contribution in [2.75, 3.05) is 5.75 Å². The first kappa shape index (κ1) is 15.4. The van der Waals surface area contributed by atoms with Crippen molar-refractivity contribution in [3.8, 4) is 0 Å². The summed E-state index contributed by atoms with van der Waals surface area (Å²) in [5.41, 5.74) is 1.49. The highest BCUT2D eigenvalue weighted by atomic mass is 127. The summed E-state index contributed by atoms with van der Waals surface area (Å²) in [7, 11) is -3.41. The van der Waals surface area contributed by atoms with Gasteiger partial charge in [-0.1, -0.05) is 47.1 Å². The Morgan fingerprint density at radius 3 is 2.47 bits per heavy atom. The van der Waals surface area contributed by atoms with Crippen molar-refractivity contribution in [1.82, 2.24) is 0 Å². The molecule has 2 atom stereocenters. The van der Waals surface area contributed by atoms with Crippen molar-refractivity contribution in [3.63, 3.8) is 0 Å².